The maximum atomic E-state index is 12.1. The van der Waals surface area contributed by atoms with Gasteiger partial charge in [0.2, 0.25) is 10.0 Å². The Bertz CT molecular complexity index is 637. The zero-order valence-electron chi connectivity index (χ0n) is 15.4. The quantitative estimate of drug-likeness (QED) is 0.202. The molecule has 0 saturated carbocycles. The summed E-state index contributed by atoms with van der Waals surface area (Å²) in [6.45, 7) is 8.77. The fourth-order valence-electron chi connectivity index (χ4n) is 2.91. The molecule has 0 radical (unpaired) electrons. The van der Waals surface area contributed by atoms with Crippen molar-refractivity contribution in [2.45, 2.75) is 36.9 Å². The van der Waals surface area contributed by atoms with Crippen molar-refractivity contribution in [3.05, 3.63) is 17.5 Å². The van der Waals surface area contributed by atoms with Crippen LogP contribution in [0.2, 0.25) is 0 Å². The van der Waals surface area contributed by atoms with Gasteiger partial charge in [-0.3, -0.25) is 9.89 Å². The summed E-state index contributed by atoms with van der Waals surface area (Å²) in [5.74, 6) is 0.737. The van der Waals surface area contributed by atoms with E-state index in [9.17, 15) is 8.42 Å². The second-order valence-electron chi connectivity index (χ2n) is 5.90. The van der Waals surface area contributed by atoms with Crippen LogP contribution in [0.5, 0.6) is 0 Å². The second kappa shape index (κ2) is 12.1. The minimum absolute atomic E-state index is 0. The van der Waals surface area contributed by atoms with E-state index in [4.69, 9.17) is 0 Å². The molecule has 1 fully saturated rings. The number of likely N-dealkylation sites (N-methyl/N-ethyl adjacent to an activating group) is 1. The van der Waals surface area contributed by atoms with Crippen molar-refractivity contribution in [2.75, 3.05) is 39.3 Å². The number of guanidine groups is 1. The van der Waals surface area contributed by atoms with Crippen LogP contribution < -0.4 is 15.4 Å². The minimum atomic E-state index is -3.40. The largest absolute Gasteiger partial charge is 0.357 e. The molecule has 10 heteroatoms. The van der Waals surface area contributed by atoms with Crippen LogP contribution in [0.4, 0.5) is 0 Å². The number of nitrogens with one attached hydrogen (secondary N) is 3. The lowest BCUT2D eigenvalue weighted by atomic mass is 10.2. The van der Waals surface area contributed by atoms with Crippen molar-refractivity contribution in [3.63, 3.8) is 0 Å². The molecule has 150 valence electrons. The predicted molar refractivity (Wildman–Crippen MR) is 119 cm³/mol. The number of halogens is 1. The number of rotatable bonds is 9. The maximum Gasteiger partial charge on any atom is 0.250 e. The van der Waals surface area contributed by atoms with Crippen molar-refractivity contribution in [2.24, 2.45) is 4.99 Å². The molecule has 0 aromatic carbocycles. The van der Waals surface area contributed by atoms with E-state index in [0.717, 1.165) is 32.1 Å². The normalized spacial score (nSPS) is 18.5. The number of hydrogen-bond acceptors (Lipinski definition) is 5. The van der Waals surface area contributed by atoms with Gasteiger partial charge in [-0.15, -0.1) is 35.3 Å². The van der Waals surface area contributed by atoms with Gasteiger partial charge in [0.15, 0.2) is 5.96 Å². The Hall–Kier alpha value is -0.430. The van der Waals surface area contributed by atoms with E-state index in [1.54, 1.807) is 17.5 Å². The molecule has 1 aliphatic heterocycles. The van der Waals surface area contributed by atoms with Crippen LogP contribution in [-0.2, 0) is 10.0 Å². The third kappa shape index (κ3) is 7.29. The van der Waals surface area contributed by atoms with Crippen LogP contribution >= 0.6 is 35.3 Å². The van der Waals surface area contributed by atoms with Crippen molar-refractivity contribution >= 4 is 51.3 Å². The monoisotopic (exact) mass is 515 g/mol. The fraction of sp³-hybridized carbons (Fsp3) is 0.688. The topological polar surface area (TPSA) is 85.8 Å². The summed E-state index contributed by atoms with van der Waals surface area (Å²) in [5.41, 5.74) is 0. The first-order valence-electron chi connectivity index (χ1n) is 8.86. The van der Waals surface area contributed by atoms with Gasteiger partial charge in [-0.25, -0.2) is 13.1 Å². The summed E-state index contributed by atoms with van der Waals surface area (Å²) >= 11 is 1.22. The van der Waals surface area contributed by atoms with Crippen molar-refractivity contribution < 1.29 is 8.42 Å². The molecule has 1 aromatic rings. The predicted octanol–water partition coefficient (Wildman–Crippen LogP) is 1.68. The number of sulfonamides is 1. The van der Waals surface area contributed by atoms with Gasteiger partial charge in [0, 0.05) is 25.7 Å². The summed E-state index contributed by atoms with van der Waals surface area (Å²) < 4.78 is 27.0. The van der Waals surface area contributed by atoms with Gasteiger partial charge < -0.3 is 10.6 Å². The molecule has 0 amide bonds. The van der Waals surface area contributed by atoms with E-state index < -0.39 is 10.0 Å². The van der Waals surface area contributed by atoms with E-state index in [1.165, 1.54) is 24.2 Å². The van der Waals surface area contributed by atoms with Crippen LogP contribution in [0.25, 0.3) is 0 Å². The molecule has 1 unspecified atom stereocenters. The SMILES string of the molecule is CCNC(=NCC1CCCN1CC)NCCNS(=O)(=O)c1cccs1.I. The molecule has 0 bridgehead atoms. The number of aliphatic imine (C=N–C) groups is 1. The fourth-order valence-corrected chi connectivity index (χ4v) is 4.98. The molecular formula is C16H30IN5O2S2. The molecule has 1 atom stereocenters. The smallest absolute Gasteiger partial charge is 0.250 e. The van der Waals surface area contributed by atoms with E-state index in [-0.39, 0.29) is 24.0 Å². The standard InChI is InChI=1S/C16H29N5O2S2.HI/c1-3-17-16(19-13-14-7-5-11-21(14)4-2)18-9-10-20-25(22,23)15-8-6-12-24-15;/h6,8,12,14,20H,3-5,7,9-11,13H2,1-2H3,(H2,17,18,19);1H. The molecule has 0 aliphatic carbocycles. The highest BCUT2D eigenvalue weighted by molar-refractivity contribution is 14.0. The Morgan fingerprint density at radius 2 is 2.15 bits per heavy atom. The Labute approximate surface area is 178 Å². The number of hydrogen-bond donors (Lipinski definition) is 3. The molecule has 7 nitrogen and oxygen atoms in total. The number of nitrogens with zero attached hydrogens (tertiary/aromatic N) is 2. The van der Waals surface area contributed by atoms with Gasteiger partial charge >= 0.3 is 0 Å². The highest BCUT2D eigenvalue weighted by Crippen LogP contribution is 2.16. The summed E-state index contributed by atoms with van der Waals surface area (Å²) in [5, 5.41) is 8.16. The molecule has 2 heterocycles. The van der Waals surface area contributed by atoms with Gasteiger partial charge in [-0.2, -0.15) is 0 Å². The van der Waals surface area contributed by atoms with Crippen molar-refractivity contribution in [1.82, 2.24) is 20.3 Å². The highest BCUT2D eigenvalue weighted by atomic mass is 127. The van der Waals surface area contributed by atoms with Gasteiger partial charge in [0.05, 0.1) is 6.54 Å². The average Bonchev–Trinajstić information content (AvgIpc) is 3.27. The van der Waals surface area contributed by atoms with E-state index >= 15 is 0 Å². The van der Waals surface area contributed by atoms with Gasteiger partial charge in [-0.1, -0.05) is 13.0 Å². The van der Waals surface area contributed by atoms with Crippen LogP contribution in [0, 0.1) is 0 Å². The molecule has 1 saturated heterocycles. The first-order chi connectivity index (χ1) is 12.1. The zero-order valence-corrected chi connectivity index (χ0v) is 19.4. The summed E-state index contributed by atoms with van der Waals surface area (Å²) in [6, 6.07) is 3.85. The van der Waals surface area contributed by atoms with Crippen LogP contribution in [0.15, 0.2) is 26.7 Å². The summed E-state index contributed by atoms with van der Waals surface area (Å²) in [7, 11) is -3.40. The molecule has 3 N–H and O–H groups in total. The maximum absolute atomic E-state index is 12.1. The van der Waals surface area contributed by atoms with E-state index in [1.807, 2.05) is 6.92 Å². The second-order valence-corrected chi connectivity index (χ2v) is 8.84. The van der Waals surface area contributed by atoms with Crippen molar-refractivity contribution in [1.29, 1.82) is 0 Å². The Kier molecular flexibility index (Phi) is 11.0. The van der Waals surface area contributed by atoms with Gasteiger partial charge in [0.1, 0.15) is 4.21 Å². The molecule has 1 aromatic heterocycles. The van der Waals surface area contributed by atoms with Gasteiger partial charge in [-0.05, 0) is 44.3 Å². The highest BCUT2D eigenvalue weighted by Gasteiger charge is 2.22. The van der Waals surface area contributed by atoms with Crippen LogP contribution in [0.1, 0.15) is 26.7 Å². The third-order valence-corrected chi connectivity index (χ3v) is 7.04. The number of thiophene rings is 1. The number of likely N-dealkylation sites (tertiary alicyclic amines) is 1. The third-order valence-electron chi connectivity index (χ3n) is 4.18. The molecule has 0 spiro atoms. The van der Waals surface area contributed by atoms with Gasteiger partial charge in [0.25, 0.3) is 0 Å². The Morgan fingerprint density at radius 3 is 2.81 bits per heavy atom. The summed E-state index contributed by atoms with van der Waals surface area (Å²) in [4.78, 5) is 7.12. The first kappa shape index (κ1) is 23.6. The molecule has 2 rings (SSSR count). The Balaban J connectivity index is 0.00000338. The molecule has 1 aliphatic rings. The van der Waals surface area contributed by atoms with Crippen LogP contribution in [0.3, 0.4) is 0 Å². The minimum Gasteiger partial charge on any atom is -0.357 e. The lowest BCUT2D eigenvalue weighted by Gasteiger charge is -2.21. The van der Waals surface area contributed by atoms with E-state index in [2.05, 4.69) is 32.2 Å². The summed E-state index contributed by atoms with van der Waals surface area (Å²) in [6.07, 6.45) is 2.43. The zero-order chi connectivity index (χ0) is 18.1. The Morgan fingerprint density at radius 1 is 1.35 bits per heavy atom. The lowest BCUT2D eigenvalue weighted by Crippen LogP contribution is -2.42. The lowest BCUT2D eigenvalue weighted by molar-refractivity contribution is 0.273. The average molecular weight is 515 g/mol. The molecular weight excluding hydrogens is 485 g/mol. The van der Waals surface area contributed by atoms with E-state index in [0.29, 0.717) is 23.3 Å². The van der Waals surface area contributed by atoms with Crippen LogP contribution in [-0.4, -0.2) is 64.6 Å². The first-order valence-corrected chi connectivity index (χ1v) is 11.2. The molecule has 26 heavy (non-hydrogen) atoms. The van der Waals surface area contributed by atoms with Crippen molar-refractivity contribution in [3.8, 4) is 0 Å².